The summed E-state index contributed by atoms with van der Waals surface area (Å²) in [6, 6.07) is 6.20. The molecule has 0 aliphatic carbocycles. The second kappa shape index (κ2) is 7.83. The molecule has 2 aromatic heterocycles. The van der Waals surface area contributed by atoms with E-state index in [1.165, 1.54) is 4.88 Å². The van der Waals surface area contributed by atoms with Crippen molar-refractivity contribution in [2.75, 3.05) is 13.6 Å². The van der Waals surface area contributed by atoms with Gasteiger partial charge in [-0.15, -0.1) is 11.3 Å². The summed E-state index contributed by atoms with van der Waals surface area (Å²) in [5.74, 6) is 1.97. The standard InChI is InChI=1S/C15H22N4OS/c1-11(2)14-9-12(20-19-14)10-18-15(16-3)17-7-6-13-5-4-8-21-13/h4-5,8-9,11H,6-7,10H2,1-3H3,(H2,16,17,18). The molecule has 2 aromatic rings. The number of rotatable bonds is 6. The first-order chi connectivity index (χ1) is 10.2. The zero-order valence-electron chi connectivity index (χ0n) is 12.7. The van der Waals surface area contributed by atoms with Gasteiger partial charge in [-0.3, -0.25) is 4.99 Å². The largest absolute Gasteiger partial charge is 0.359 e. The van der Waals surface area contributed by atoms with Gasteiger partial charge in [0, 0.05) is 24.5 Å². The van der Waals surface area contributed by atoms with Crippen molar-refractivity contribution in [3.05, 3.63) is 39.9 Å². The van der Waals surface area contributed by atoms with Crippen molar-refractivity contribution in [2.45, 2.75) is 32.7 Å². The number of nitrogens with zero attached hydrogens (tertiary/aromatic N) is 2. The molecule has 0 radical (unpaired) electrons. The van der Waals surface area contributed by atoms with E-state index < -0.39 is 0 Å². The Hall–Kier alpha value is -1.82. The number of aliphatic imine (C=N–C) groups is 1. The third-order valence-corrected chi connectivity index (χ3v) is 4.00. The van der Waals surface area contributed by atoms with E-state index in [9.17, 15) is 0 Å². The third kappa shape index (κ3) is 4.90. The van der Waals surface area contributed by atoms with Crippen molar-refractivity contribution in [1.29, 1.82) is 0 Å². The van der Waals surface area contributed by atoms with Crippen molar-refractivity contribution in [1.82, 2.24) is 15.8 Å². The van der Waals surface area contributed by atoms with Crippen LogP contribution < -0.4 is 10.6 Å². The van der Waals surface area contributed by atoms with Gasteiger partial charge < -0.3 is 15.2 Å². The Balaban J connectivity index is 1.74. The van der Waals surface area contributed by atoms with E-state index in [-0.39, 0.29) is 0 Å². The van der Waals surface area contributed by atoms with Crippen LogP contribution in [0.2, 0.25) is 0 Å². The average molecular weight is 306 g/mol. The number of hydrogen-bond acceptors (Lipinski definition) is 4. The molecule has 2 N–H and O–H groups in total. The molecule has 0 unspecified atom stereocenters. The minimum atomic E-state index is 0.380. The predicted molar refractivity (Wildman–Crippen MR) is 86.8 cm³/mol. The molecule has 2 heterocycles. The highest BCUT2D eigenvalue weighted by molar-refractivity contribution is 7.09. The summed E-state index contributed by atoms with van der Waals surface area (Å²) in [5.41, 5.74) is 0.979. The summed E-state index contributed by atoms with van der Waals surface area (Å²) in [4.78, 5) is 5.57. The van der Waals surface area contributed by atoms with E-state index in [1.807, 2.05) is 6.07 Å². The van der Waals surface area contributed by atoms with Crippen LogP contribution in [0.5, 0.6) is 0 Å². The molecular weight excluding hydrogens is 284 g/mol. The molecule has 21 heavy (non-hydrogen) atoms. The minimum absolute atomic E-state index is 0.380. The van der Waals surface area contributed by atoms with Gasteiger partial charge in [-0.05, 0) is 23.8 Å². The maximum Gasteiger partial charge on any atom is 0.191 e. The van der Waals surface area contributed by atoms with E-state index in [4.69, 9.17) is 4.52 Å². The lowest BCUT2D eigenvalue weighted by atomic mass is 10.1. The second-order valence-electron chi connectivity index (χ2n) is 5.05. The quantitative estimate of drug-likeness (QED) is 0.636. The van der Waals surface area contributed by atoms with Crippen LogP contribution in [0.1, 0.15) is 36.1 Å². The Morgan fingerprint density at radius 2 is 2.29 bits per heavy atom. The van der Waals surface area contributed by atoms with E-state index >= 15 is 0 Å². The lowest BCUT2D eigenvalue weighted by Gasteiger charge is -2.09. The Morgan fingerprint density at radius 1 is 1.43 bits per heavy atom. The molecule has 0 aliphatic rings. The van der Waals surface area contributed by atoms with Gasteiger partial charge in [0.15, 0.2) is 11.7 Å². The monoisotopic (exact) mass is 306 g/mol. The summed E-state index contributed by atoms with van der Waals surface area (Å²) in [7, 11) is 1.76. The van der Waals surface area contributed by atoms with Crippen LogP contribution in [0.4, 0.5) is 0 Å². The van der Waals surface area contributed by atoms with Gasteiger partial charge in [0.2, 0.25) is 0 Å². The molecule has 0 spiro atoms. The molecule has 2 rings (SSSR count). The Kier molecular flexibility index (Phi) is 5.80. The third-order valence-electron chi connectivity index (χ3n) is 3.07. The number of hydrogen-bond donors (Lipinski definition) is 2. The van der Waals surface area contributed by atoms with Crippen LogP contribution in [-0.4, -0.2) is 24.7 Å². The summed E-state index contributed by atoms with van der Waals surface area (Å²) in [6.07, 6.45) is 0.998. The van der Waals surface area contributed by atoms with Gasteiger partial charge in [0.05, 0.1) is 12.2 Å². The molecule has 0 saturated heterocycles. The summed E-state index contributed by atoms with van der Waals surface area (Å²) in [6.45, 7) is 5.63. The zero-order valence-corrected chi connectivity index (χ0v) is 13.5. The SMILES string of the molecule is CN=C(NCCc1cccs1)NCc1cc(C(C)C)no1. The molecule has 0 saturated carbocycles. The summed E-state index contributed by atoms with van der Waals surface area (Å²) in [5, 5.41) is 12.7. The van der Waals surface area contributed by atoms with E-state index in [0.717, 1.165) is 30.4 Å². The highest BCUT2D eigenvalue weighted by atomic mass is 32.1. The van der Waals surface area contributed by atoms with Crippen LogP contribution in [0, 0.1) is 0 Å². The summed E-state index contributed by atoms with van der Waals surface area (Å²) >= 11 is 1.77. The lowest BCUT2D eigenvalue weighted by molar-refractivity contribution is 0.372. The zero-order chi connectivity index (χ0) is 15.1. The van der Waals surface area contributed by atoms with E-state index in [2.05, 4.69) is 52.1 Å². The molecule has 114 valence electrons. The fourth-order valence-corrected chi connectivity index (χ4v) is 2.54. The average Bonchev–Trinajstić information content (AvgIpc) is 3.13. The van der Waals surface area contributed by atoms with Gasteiger partial charge in [0.25, 0.3) is 0 Å². The van der Waals surface area contributed by atoms with Gasteiger partial charge in [-0.1, -0.05) is 25.1 Å². The first kappa shape index (κ1) is 15.6. The number of nitrogens with one attached hydrogen (secondary N) is 2. The number of aromatic nitrogens is 1. The van der Waals surface area contributed by atoms with Gasteiger partial charge in [-0.2, -0.15) is 0 Å². The van der Waals surface area contributed by atoms with Crippen LogP contribution in [-0.2, 0) is 13.0 Å². The molecule has 5 nitrogen and oxygen atoms in total. The molecule has 0 bridgehead atoms. The Labute approximate surface area is 129 Å². The fraction of sp³-hybridized carbons (Fsp3) is 0.467. The van der Waals surface area contributed by atoms with E-state index in [1.54, 1.807) is 18.4 Å². The van der Waals surface area contributed by atoms with Gasteiger partial charge in [-0.25, -0.2) is 0 Å². The molecule has 0 fully saturated rings. The van der Waals surface area contributed by atoms with Crippen molar-refractivity contribution >= 4 is 17.3 Å². The normalized spacial score (nSPS) is 11.9. The maximum atomic E-state index is 5.29. The van der Waals surface area contributed by atoms with Crippen LogP contribution in [0.15, 0.2) is 33.1 Å². The first-order valence-electron chi connectivity index (χ1n) is 7.11. The summed E-state index contributed by atoms with van der Waals surface area (Å²) < 4.78 is 5.29. The van der Waals surface area contributed by atoms with Crippen molar-refractivity contribution < 1.29 is 4.52 Å². The fourth-order valence-electron chi connectivity index (χ4n) is 1.83. The molecule has 0 aromatic carbocycles. The first-order valence-corrected chi connectivity index (χ1v) is 7.99. The molecule has 0 atom stereocenters. The van der Waals surface area contributed by atoms with Crippen molar-refractivity contribution in [3.63, 3.8) is 0 Å². The molecule has 0 amide bonds. The van der Waals surface area contributed by atoms with Crippen molar-refractivity contribution in [3.8, 4) is 0 Å². The van der Waals surface area contributed by atoms with Crippen molar-refractivity contribution in [2.24, 2.45) is 4.99 Å². The maximum absolute atomic E-state index is 5.29. The van der Waals surface area contributed by atoms with Crippen LogP contribution >= 0.6 is 11.3 Å². The van der Waals surface area contributed by atoms with Crippen LogP contribution in [0.3, 0.4) is 0 Å². The molecule has 0 aliphatic heterocycles. The number of guanidine groups is 1. The Bertz CT molecular complexity index is 560. The van der Waals surface area contributed by atoms with Gasteiger partial charge >= 0.3 is 0 Å². The highest BCUT2D eigenvalue weighted by Crippen LogP contribution is 2.13. The highest BCUT2D eigenvalue weighted by Gasteiger charge is 2.08. The second-order valence-corrected chi connectivity index (χ2v) is 6.09. The van der Waals surface area contributed by atoms with Gasteiger partial charge in [0.1, 0.15) is 0 Å². The lowest BCUT2D eigenvalue weighted by Crippen LogP contribution is -2.37. The smallest absolute Gasteiger partial charge is 0.191 e. The predicted octanol–water partition coefficient (Wildman–Crippen LogP) is 2.77. The Morgan fingerprint density at radius 3 is 2.90 bits per heavy atom. The van der Waals surface area contributed by atoms with E-state index in [0.29, 0.717) is 12.5 Å². The number of thiophene rings is 1. The molecular formula is C15H22N4OS. The molecule has 6 heteroatoms. The minimum Gasteiger partial charge on any atom is -0.359 e. The topological polar surface area (TPSA) is 62.5 Å². The van der Waals surface area contributed by atoms with Crippen LogP contribution in [0.25, 0.3) is 0 Å².